The van der Waals surface area contributed by atoms with E-state index in [1.54, 1.807) is 38.7 Å². The highest BCUT2D eigenvalue weighted by Gasteiger charge is 2.32. The molecule has 3 aromatic rings. The Morgan fingerprint density at radius 2 is 1.97 bits per heavy atom. The third kappa shape index (κ3) is 4.29. The van der Waals surface area contributed by atoms with Crippen LogP contribution in [0.25, 0.3) is 16.6 Å². The van der Waals surface area contributed by atoms with Crippen LogP contribution in [0, 0.1) is 5.41 Å². The van der Waals surface area contributed by atoms with Gasteiger partial charge in [0.1, 0.15) is 17.1 Å². The number of aromatic amines is 1. The molecule has 2 aromatic heterocycles. The molecule has 0 saturated heterocycles. The van der Waals surface area contributed by atoms with Crippen molar-refractivity contribution >= 4 is 28.2 Å². The fourth-order valence-corrected chi connectivity index (χ4v) is 3.68. The van der Waals surface area contributed by atoms with Crippen molar-refractivity contribution in [2.24, 2.45) is 0 Å². The van der Waals surface area contributed by atoms with Gasteiger partial charge in [0.15, 0.2) is 11.5 Å². The summed E-state index contributed by atoms with van der Waals surface area (Å²) in [4.78, 5) is 25.5. The number of rotatable bonds is 8. The van der Waals surface area contributed by atoms with Crippen LogP contribution in [-0.4, -0.2) is 47.3 Å². The monoisotopic (exact) mass is 461 g/mol. The Balaban J connectivity index is 1.84. The summed E-state index contributed by atoms with van der Waals surface area (Å²) < 4.78 is 10.8. The normalized spacial score (nSPS) is 15.9. The Morgan fingerprint density at radius 3 is 2.65 bits per heavy atom. The summed E-state index contributed by atoms with van der Waals surface area (Å²) in [6, 6.07) is 8.86. The number of H-pyrrole nitrogens is 1. The number of hydrogen-bond acceptors (Lipinski definition) is 8. The van der Waals surface area contributed by atoms with Crippen LogP contribution in [-0.2, 0) is 4.79 Å². The number of ether oxygens (including phenoxy) is 2. The van der Waals surface area contributed by atoms with E-state index in [9.17, 15) is 4.79 Å². The summed E-state index contributed by atoms with van der Waals surface area (Å²) in [5.74, 6) is 1.01. The van der Waals surface area contributed by atoms with Crippen LogP contribution in [0.1, 0.15) is 31.4 Å². The second-order valence-corrected chi connectivity index (χ2v) is 7.63. The molecule has 0 spiro atoms. The number of nitrogens with zero attached hydrogens (tertiary/aromatic N) is 2. The van der Waals surface area contributed by atoms with E-state index in [0.717, 1.165) is 5.69 Å². The Bertz CT molecular complexity index is 1250. The summed E-state index contributed by atoms with van der Waals surface area (Å²) in [5.41, 5.74) is 3.14. The van der Waals surface area contributed by atoms with Gasteiger partial charge in [0, 0.05) is 31.1 Å². The number of nitrogens with one attached hydrogen (secondary N) is 5. The molecule has 10 nitrogen and oxygen atoms in total. The third-order valence-corrected chi connectivity index (χ3v) is 5.41. The van der Waals surface area contributed by atoms with Gasteiger partial charge in [0.2, 0.25) is 0 Å². The lowest BCUT2D eigenvalue weighted by molar-refractivity contribution is -0.115. The van der Waals surface area contributed by atoms with Gasteiger partial charge in [-0.25, -0.2) is 4.98 Å². The van der Waals surface area contributed by atoms with E-state index in [4.69, 9.17) is 14.9 Å². The number of fused-ring (bicyclic) bond motifs is 1. The maximum Gasteiger partial charge on any atom is 0.261 e. The van der Waals surface area contributed by atoms with Crippen LogP contribution in [0.2, 0.25) is 0 Å². The van der Waals surface area contributed by atoms with Gasteiger partial charge in [-0.15, -0.1) is 0 Å². The Labute approximate surface area is 197 Å². The van der Waals surface area contributed by atoms with E-state index in [-0.39, 0.29) is 23.2 Å². The number of hydrogen-bond donors (Lipinski definition) is 5. The summed E-state index contributed by atoms with van der Waals surface area (Å²) in [7, 11) is 3.10. The first-order chi connectivity index (χ1) is 16.5. The van der Waals surface area contributed by atoms with E-state index in [2.05, 4.69) is 30.9 Å². The minimum atomic E-state index is -0.381. The average Bonchev–Trinajstić information content (AvgIpc) is 3.26. The van der Waals surface area contributed by atoms with Crippen molar-refractivity contribution < 1.29 is 14.3 Å². The largest absolute Gasteiger partial charge is 0.493 e. The van der Waals surface area contributed by atoms with Crippen molar-refractivity contribution in [1.82, 2.24) is 30.9 Å². The lowest BCUT2D eigenvalue weighted by Crippen LogP contribution is -2.41. The molecule has 0 aliphatic carbocycles. The van der Waals surface area contributed by atoms with E-state index in [1.165, 1.54) is 0 Å². The van der Waals surface area contributed by atoms with Crippen LogP contribution >= 0.6 is 0 Å². The average molecular weight is 462 g/mol. The van der Waals surface area contributed by atoms with Crippen molar-refractivity contribution in [1.29, 1.82) is 5.41 Å². The van der Waals surface area contributed by atoms with E-state index in [0.29, 0.717) is 46.3 Å². The molecule has 1 aliphatic heterocycles. The third-order valence-electron chi connectivity index (χ3n) is 5.41. The van der Waals surface area contributed by atoms with Gasteiger partial charge in [0.05, 0.1) is 48.4 Å². The summed E-state index contributed by atoms with van der Waals surface area (Å²) in [5, 5.41) is 18.0. The standard InChI is InChI=1S/C24H27N7O3/c1-5-26-12-17-21(25)22(28-13(2)14-8-6-7-9-27-14)20(24(32)31-17)23-29-15-10-18(33-3)19(34-4)11-16(15)30-23/h6-13,25-26,28H,5H2,1-4H3,(H,29,30)(H,31,32)/b17-12+,25-21?/t13-/m0/s1. The maximum absolute atomic E-state index is 13.3. The molecule has 10 heteroatoms. The van der Waals surface area contributed by atoms with Gasteiger partial charge < -0.3 is 30.4 Å². The van der Waals surface area contributed by atoms with Gasteiger partial charge in [-0.05, 0) is 26.0 Å². The molecule has 1 aromatic carbocycles. The Kier molecular flexibility index (Phi) is 6.48. The van der Waals surface area contributed by atoms with Gasteiger partial charge in [0.25, 0.3) is 5.91 Å². The molecule has 34 heavy (non-hydrogen) atoms. The smallest absolute Gasteiger partial charge is 0.261 e. The molecule has 4 rings (SSSR count). The molecule has 0 fully saturated rings. The predicted molar refractivity (Wildman–Crippen MR) is 130 cm³/mol. The van der Waals surface area contributed by atoms with Gasteiger partial charge in [-0.2, -0.15) is 0 Å². The van der Waals surface area contributed by atoms with Crippen LogP contribution in [0.4, 0.5) is 0 Å². The van der Waals surface area contributed by atoms with Crippen LogP contribution < -0.4 is 25.4 Å². The van der Waals surface area contributed by atoms with Crippen LogP contribution in [0.15, 0.2) is 54.1 Å². The number of pyridine rings is 1. The molecule has 1 aliphatic rings. The minimum absolute atomic E-state index is 0.133. The number of imidazole rings is 1. The van der Waals surface area contributed by atoms with Crippen molar-refractivity contribution in [3.63, 3.8) is 0 Å². The number of methoxy groups -OCH3 is 2. The Hall–Kier alpha value is -4.34. The molecule has 0 radical (unpaired) electrons. The highest BCUT2D eigenvalue weighted by molar-refractivity contribution is 6.33. The summed E-state index contributed by atoms with van der Waals surface area (Å²) in [6.45, 7) is 4.52. The topological polar surface area (TPSA) is 137 Å². The van der Waals surface area contributed by atoms with Crippen LogP contribution in [0.5, 0.6) is 11.5 Å². The SMILES string of the molecule is CCN/C=C1/NC(=O)C(c2nc3cc(OC)c(OC)cc3[nH]2)=C(N[C@@H](C)c2ccccn2)C1=N. The van der Waals surface area contributed by atoms with E-state index >= 15 is 0 Å². The Morgan fingerprint density at radius 1 is 1.21 bits per heavy atom. The van der Waals surface area contributed by atoms with Crippen molar-refractivity contribution in [3.05, 3.63) is 65.6 Å². The molecule has 1 amide bonds. The second kappa shape index (κ2) is 9.65. The van der Waals surface area contributed by atoms with Gasteiger partial charge in [-0.1, -0.05) is 6.07 Å². The fourth-order valence-electron chi connectivity index (χ4n) is 3.68. The second-order valence-electron chi connectivity index (χ2n) is 7.63. The van der Waals surface area contributed by atoms with E-state index < -0.39 is 0 Å². The zero-order valence-electron chi connectivity index (χ0n) is 19.4. The first-order valence-corrected chi connectivity index (χ1v) is 10.8. The summed E-state index contributed by atoms with van der Waals surface area (Å²) in [6.07, 6.45) is 3.33. The quantitative estimate of drug-likeness (QED) is 0.348. The minimum Gasteiger partial charge on any atom is -0.493 e. The van der Waals surface area contributed by atoms with Crippen LogP contribution in [0.3, 0.4) is 0 Å². The zero-order valence-corrected chi connectivity index (χ0v) is 19.4. The van der Waals surface area contributed by atoms with Gasteiger partial charge in [-0.3, -0.25) is 15.2 Å². The molecular formula is C24H27N7O3. The van der Waals surface area contributed by atoms with Crippen molar-refractivity contribution in [2.75, 3.05) is 20.8 Å². The number of aromatic nitrogens is 3. The first kappa shape index (κ1) is 22.8. The highest BCUT2D eigenvalue weighted by Crippen LogP contribution is 2.33. The molecule has 0 bridgehead atoms. The predicted octanol–water partition coefficient (Wildman–Crippen LogP) is 2.64. The highest BCUT2D eigenvalue weighted by atomic mass is 16.5. The zero-order chi connectivity index (χ0) is 24.2. The molecule has 5 N–H and O–H groups in total. The van der Waals surface area contributed by atoms with Crippen molar-refractivity contribution in [3.8, 4) is 11.5 Å². The summed E-state index contributed by atoms with van der Waals surface area (Å²) >= 11 is 0. The molecule has 1 atom stereocenters. The molecule has 0 saturated carbocycles. The molecule has 0 unspecified atom stereocenters. The molecule has 176 valence electrons. The number of carbonyl (C=O) groups excluding carboxylic acids is 1. The number of amides is 1. The molecule has 3 heterocycles. The lowest BCUT2D eigenvalue weighted by Gasteiger charge is -2.26. The molecular weight excluding hydrogens is 434 g/mol. The van der Waals surface area contributed by atoms with Crippen molar-refractivity contribution in [2.45, 2.75) is 19.9 Å². The van der Waals surface area contributed by atoms with E-state index in [1.807, 2.05) is 32.0 Å². The first-order valence-electron chi connectivity index (χ1n) is 10.8. The number of carbonyl (C=O) groups is 1. The van der Waals surface area contributed by atoms with Gasteiger partial charge >= 0.3 is 0 Å². The fraction of sp³-hybridized carbons (Fsp3) is 0.250. The lowest BCUT2D eigenvalue weighted by atomic mass is 10.0. The number of benzene rings is 1. The maximum atomic E-state index is 13.3.